The summed E-state index contributed by atoms with van der Waals surface area (Å²) < 4.78 is 0.511. The lowest BCUT2D eigenvalue weighted by Gasteiger charge is -1.85. The number of aliphatic hydroxyl groups excluding tert-OH is 1. The number of carboxylic acids is 1. The highest BCUT2D eigenvalue weighted by Gasteiger charge is 2.09. The molecule has 0 aromatic carbocycles. The van der Waals surface area contributed by atoms with Crippen LogP contribution in [-0.2, 0) is 6.61 Å². The molecular weight excluding hydrogens is 214 g/mol. The number of aliphatic hydroxyl groups is 1. The minimum Gasteiger partial charge on any atom is -0.477 e. The van der Waals surface area contributed by atoms with E-state index in [0.717, 1.165) is 0 Å². The molecule has 0 atom stereocenters. The highest BCUT2D eigenvalue weighted by Crippen LogP contribution is 2.16. The van der Waals surface area contributed by atoms with E-state index in [0.29, 0.717) is 10.2 Å². The molecule has 1 aromatic heterocycles. The first-order valence-corrected chi connectivity index (χ1v) is 3.66. The molecule has 60 valence electrons. The Morgan fingerprint density at radius 3 is 2.64 bits per heavy atom. The van der Waals surface area contributed by atoms with Crippen molar-refractivity contribution in [3.05, 3.63) is 21.9 Å². The van der Waals surface area contributed by atoms with Gasteiger partial charge in [-0.3, -0.25) is 0 Å². The number of hydrogen-bond donors (Lipinski definition) is 3. The minimum atomic E-state index is -1.04. The van der Waals surface area contributed by atoms with Crippen molar-refractivity contribution in [3.63, 3.8) is 0 Å². The lowest BCUT2D eigenvalue weighted by atomic mass is 10.3. The fourth-order valence-corrected chi connectivity index (χ4v) is 1.16. The molecule has 0 aliphatic heterocycles. The quantitative estimate of drug-likeness (QED) is 0.695. The molecule has 1 rings (SSSR count). The maximum atomic E-state index is 10.3. The van der Waals surface area contributed by atoms with E-state index in [4.69, 9.17) is 10.2 Å². The average Bonchev–Trinajstić information content (AvgIpc) is 2.31. The largest absolute Gasteiger partial charge is 0.477 e. The fourth-order valence-electron chi connectivity index (χ4n) is 0.702. The number of aromatic nitrogens is 1. The summed E-state index contributed by atoms with van der Waals surface area (Å²) >= 11 is 3.07. The molecule has 0 saturated carbocycles. The molecule has 0 radical (unpaired) electrons. The summed E-state index contributed by atoms with van der Waals surface area (Å²) in [5, 5.41) is 17.2. The second-order valence-corrected chi connectivity index (χ2v) is 2.78. The Bertz CT molecular complexity index is 281. The third-order valence-corrected chi connectivity index (χ3v) is 1.95. The number of carboxylic acid groups (broad SMARTS) is 1. The fraction of sp³-hybridized carbons (Fsp3) is 0.167. The van der Waals surface area contributed by atoms with Crippen molar-refractivity contribution in [1.82, 2.24) is 4.98 Å². The highest BCUT2D eigenvalue weighted by atomic mass is 79.9. The molecule has 0 spiro atoms. The van der Waals surface area contributed by atoms with E-state index in [-0.39, 0.29) is 12.3 Å². The number of aromatic amines is 1. The number of halogens is 1. The standard InChI is InChI=1S/C6H6BrNO3/c7-5-3(2-9)1-4(8-5)6(10)11/h1,8-9H,2H2,(H,10,11). The third-order valence-electron chi connectivity index (χ3n) is 1.25. The van der Waals surface area contributed by atoms with Crippen LogP contribution in [0.1, 0.15) is 16.1 Å². The van der Waals surface area contributed by atoms with E-state index in [2.05, 4.69) is 20.9 Å². The minimum absolute atomic E-state index is 0.0703. The number of nitrogens with one attached hydrogen (secondary N) is 1. The van der Waals surface area contributed by atoms with Crippen LogP contribution in [0.4, 0.5) is 0 Å². The average molecular weight is 220 g/mol. The van der Waals surface area contributed by atoms with Crippen LogP contribution in [0.5, 0.6) is 0 Å². The summed E-state index contributed by atoms with van der Waals surface area (Å²) in [5.41, 5.74) is 0.614. The van der Waals surface area contributed by atoms with Crippen LogP contribution in [0.15, 0.2) is 10.7 Å². The van der Waals surface area contributed by atoms with E-state index in [1.165, 1.54) is 6.07 Å². The summed E-state index contributed by atoms with van der Waals surface area (Å²) in [4.78, 5) is 12.9. The van der Waals surface area contributed by atoms with Gasteiger partial charge in [0.05, 0.1) is 11.2 Å². The third kappa shape index (κ3) is 1.61. The molecule has 0 unspecified atom stereocenters. The molecule has 0 aliphatic carbocycles. The van der Waals surface area contributed by atoms with Gasteiger partial charge >= 0.3 is 5.97 Å². The van der Waals surface area contributed by atoms with Crippen LogP contribution in [0.25, 0.3) is 0 Å². The maximum absolute atomic E-state index is 10.3. The molecule has 0 fully saturated rings. The number of carbonyl (C=O) groups is 1. The van der Waals surface area contributed by atoms with E-state index in [9.17, 15) is 4.79 Å². The molecule has 4 nitrogen and oxygen atoms in total. The van der Waals surface area contributed by atoms with Crippen molar-refractivity contribution in [2.45, 2.75) is 6.61 Å². The van der Waals surface area contributed by atoms with E-state index < -0.39 is 5.97 Å². The summed E-state index contributed by atoms with van der Waals surface area (Å²) in [6, 6.07) is 1.38. The van der Waals surface area contributed by atoms with Gasteiger partial charge in [-0.15, -0.1) is 0 Å². The molecule has 0 saturated heterocycles. The van der Waals surface area contributed by atoms with Gasteiger partial charge in [-0.05, 0) is 22.0 Å². The molecule has 0 bridgehead atoms. The van der Waals surface area contributed by atoms with Crippen molar-refractivity contribution < 1.29 is 15.0 Å². The first-order valence-electron chi connectivity index (χ1n) is 2.86. The molecule has 0 amide bonds. The Hall–Kier alpha value is -0.810. The van der Waals surface area contributed by atoms with Crippen LogP contribution in [0.3, 0.4) is 0 Å². The highest BCUT2D eigenvalue weighted by molar-refractivity contribution is 9.10. The van der Waals surface area contributed by atoms with Crippen molar-refractivity contribution in [2.75, 3.05) is 0 Å². The van der Waals surface area contributed by atoms with Gasteiger partial charge in [-0.2, -0.15) is 0 Å². The molecule has 1 aromatic rings. The van der Waals surface area contributed by atoms with E-state index in [1.807, 2.05) is 0 Å². The molecule has 11 heavy (non-hydrogen) atoms. The number of hydrogen-bond acceptors (Lipinski definition) is 2. The molecule has 5 heteroatoms. The zero-order chi connectivity index (χ0) is 8.43. The Morgan fingerprint density at radius 1 is 1.73 bits per heavy atom. The lowest BCUT2D eigenvalue weighted by Crippen LogP contribution is -1.94. The maximum Gasteiger partial charge on any atom is 0.352 e. The Kier molecular flexibility index (Phi) is 2.31. The number of rotatable bonds is 2. The SMILES string of the molecule is O=C(O)c1cc(CO)c(Br)[nH]1. The second kappa shape index (κ2) is 3.06. The van der Waals surface area contributed by atoms with Gasteiger partial charge in [-0.25, -0.2) is 4.79 Å². The predicted molar refractivity (Wildman–Crippen MR) is 41.4 cm³/mol. The Labute approximate surface area is 71.0 Å². The summed E-state index contributed by atoms with van der Waals surface area (Å²) in [7, 11) is 0. The predicted octanol–water partition coefficient (Wildman–Crippen LogP) is 0.968. The lowest BCUT2D eigenvalue weighted by molar-refractivity contribution is 0.0691. The van der Waals surface area contributed by atoms with Gasteiger partial charge in [0.2, 0.25) is 0 Å². The number of aromatic carboxylic acids is 1. The summed E-state index contributed by atoms with van der Waals surface area (Å²) in [6.45, 7) is -0.176. The topological polar surface area (TPSA) is 73.3 Å². The van der Waals surface area contributed by atoms with Gasteiger partial charge in [0.15, 0.2) is 0 Å². The summed E-state index contributed by atoms with van der Waals surface area (Å²) in [5.74, 6) is -1.04. The van der Waals surface area contributed by atoms with Crippen LogP contribution >= 0.6 is 15.9 Å². The van der Waals surface area contributed by atoms with Gasteiger partial charge < -0.3 is 15.2 Å². The van der Waals surface area contributed by atoms with Crippen LogP contribution < -0.4 is 0 Å². The molecule has 3 N–H and O–H groups in total. The zero-order valence-electron chi connectivity index (χ0n) is 5.47. The molecular formula is C6H6BrNO3. The number of H-pyrrole nitrogens is 1. The van der Waals surface area contributed by atoms with Crippen molar-refractivity contribution in [3.8, 4) is 0 Å². The van der Waals surface area contributed by atoms with Crippen molar-refractivity contribution >= 4 is 21.9 Å². The van der Waals surface area contributed by atoms with Crippen LogP contribution in [0, 0.1) is 0 Å². The van der Waals surface area contributed by atoms with E-state index >= 15 is 0 Å². The van der Waals surface area contributed by atoms with E-state index in [1.54, 1.807) is 0 Å². The van der Waals surface area contributed by atoms with Gasteiger partial charge in [-0.1, -0.05) is 0 Å². The van der Waals surface area contributed by atoms with Crippen molar-refractivity contribution in [1.29, 1.82) is 0 Å². The zero-order valence-corrected chi connectivity index (χ0v) is 7.05. The normalized spacial score (nSPS) is 10.0. The first-order chi connectivity index (χ1) is 5.15. The molecule has 0 aliphatic rings. The first kappa shape index (κ1) is 8.29. The summed E-state index contributed by atoms with van der Waals surface area (Å²) in [6.07, 6.45) is 0. The van der Waals surface area contributed by atoms with Crippen LogP contribution in [0.2, 0.25) is 0 Å². The van der Waals surface area contributed by atoms with Gasteiger partial charge in [0.25, 0.3) is 0 Å². The smallest absolute Gasteiger partial charge is 0.352 e. The van der Waals surface area contributed by atoms with Gasteiger partial charge in [0.1, 0.15) is 5.69 Å². The monoisotopic (exact) mass is 219 g/mol. The van der Waals surface area contributed by atoms with Gasteiger partial charge in [0, 0.05) is 5.56 Å². The van der Waals surface area contributed by atoms with Crippen LogP contribution in [-0.4, -0.2) is 21.2 Å². The Morgan fingerprint density at radius 2 is 2.36 bits per heavy atom. The Balaban J connectivity index is 3.05. The second-order valence-electron chi connectivity index (χ2n) is 1.99. The van der Waals surface area contributed by atoms with Crippen molar-refractivity contribution in [2.24, 2.45) is 0 Å². The molecule has 1 heterocycles.